The second kappa shape index (κ2) is 18.2. The molecule has 1 aliphatic rings. The fourth-order valence-corrected chi connectivity index (χ4v) is 6.57. The average molecular weight is 737 g/mol. The Morgan fingerprint density at radius 2 is 1.70 bits per heavy atom. The highest BCUT2D eigenvalue weighted by Gasteiger charge is 2.54. The Balaban J connectivity index is 1.88. The Morgan fingerprint density at radius 1 is 1.02 bits per heavy atom. The second-order valence-electron chi connectivity index (χ2n) is 13.8. The van der Waals surface area contributed by atoms with Gasteiger partial charge in [-0.15, -0.1) is 0 Å². The van der Waals surface area contributed by atoms with Gasteiger partial charge in [0.1, 0.15) is 6.04 Å². The molecule has 1 saturated carbocycles. The van der Waals surface area contributed by atoms with Crippen molar-refractivity contribution in [3.8, 4) is 0 Å². The third-order valence-corrected chi connectivity index (χ3v) is 10.1. The highest BCUT2D eigenvalue weighted by molar-refractivity contribution is 6.15. The van der Waals surface area contributed by atoms with Gasteiger partial charge in [-0.25, -0.2) is 4.98 Å². The standard InChI is InChI=1S/C38H50F2N8O5/c1-4-22(3)32(43)36(52)48(37(53)38(39,40)31(49)5-2)33(29-18-27(41)26(20-45-29)24-14-10-7-11-15-24)34(50)30(17-25-19-44-21-46-25)47-35(51)28(42)16-23-12-8-6-9-13-23/h6,8-9,12-13,18-22,24,28,30,32-33H,4-5,7,10-11,14-17,42-43H2,1-3H3,(H2,41,45)(H,44,46)(H,47,51)/t22-,28?,30-,32-,33?/m0/s1. The van der Waals surface area contributed by atoms with Crippen molar-refractivity contribution >= 4 is 35.0 Å². The third kappa shape index (κ3) is 9.76. The van der Waals surface area contributed by atoms with Gasteiger partial charge in [-0.05, 0) is 48.3 Å². The van der Waals surface area contributed by atoms with E-state index in [-0.39, 0.29) is 35.0 Å². The van der Waals surface area contributed by atoms with Crippen molar-refractivity contribution in [1.29, 1.82) is 0 Å². The summed E-state index contributed by atoms with van der Waals surface area (Å²) in [7, 11) is 0. The van der Waals surface area contributed by atoms with E-state index in [1.807, 2.05) is 0 Å². The highest BCUT2D eigenvalue weighted by Crippen LogP contribution is 2.37. The van der Waals surface area contributed by atoms with Crippen molar-refractivity contribution in [3.63, 3.8) is 0 Å². The fraction of sp³-hybridized carbons (Fsp3) is 0.500. The molecule has 1 fully saturated rings. The van der Waals surface area contributed by atoms with E-state index in [1.54, 1.807) is 44.2 Å². The molecular formula is C38H50F2N8O5. The number of nitrogens with two attached hydrogens (primary N) is 3. The lowest BCUT2D eigenvalue weighted by Gasteiger charge is -2.35. The van der Waals surface area contributed by atoms with Crippen molar-refractivity contribution in [1.82, 2.24) is 25.2 Å². The number of hydrogen-bond acceptors (Lipinski definition) is 10. The van der Waals surface area contributed by atoms with Crippen LogP contribution in [0.2, 0.25) is 0 Å². The van der Waals surface area contributed by atoms with Crippen molar-refractivity contribution in [3.05, 3.63) is 77.6 Å². The summed E-state index contributed by atoms with van der Waals surface area (Å²) in [6.45, 7) is 4.44. The number of nitrogens with zero attached hydrogens (tertiary/aromatic N) is 3. The molecule has 0 spiro atoms. The van der Waals surface area contributed by atoms with E-state index in [0.29, 0.717) is 17.7 Å². The van der Waals surface area contributed by atoms with Crippen LogP contribution in [0.15, 0.2) is 55.1 Å². The number of imidazole rings is 1. The molecule has 3 aromatic rings. The Labute approximate surface area is 307 Å². The molecule has 2 aromatic heterocycles. The van der Waals surface area contributed by atoms with Gasteiger partial charge in [0.2, 0.25) is 17.6 Å². The SMILES string of the molecule is CCC(=O)C(F)(F)C(=O)N(C(=O)[C@@H](N)[C@@H](C)CC)C(C(=O)[C@H](Cc1cnc[nH]1)NC(=O)C(N)Cc1ccccc1)c1cc(N)c(C2CCCCC2)cn1. The first-order valence-corrected chi connectivity index (χ1v) is 18.1. The van der Waals surface area contributed by atoms with E-state index in [0.717, 1.165) is 44.6 Å². The number of anilines is 1. The van der Waals surface area contributed by atoms with Gasteiger partial charge >= 0.3 is 11.8 Å². The number of amides is 3. The number of nitrogen functional groups attached to an aromatic ring is 1. The minimum Gasteiger partial charge on any atom is -0.398 e. The molecule has 2 heterocycles. The monoisotopic (exact) mass is 736 g/mol. The van der Waals surface area contributed by atoms with Crippen LogP contribution in [0.1, 0.15) is 100 Å². The zero-order valence-electron chi connectivity index (χ0n) is 30.4. The van der Waals surface area contributed by atoms with Crippen LogP contribution in [0, 0.1) is 5.92 Å². The molecule has 1 aliphatic carbocycles. The fourth-order valence-electron chi connectivity index (χ4n) is 6.57. The highest BCUT2D eigenvalue weighted by atomic mass is 19.3. The van der Waals surface area contributed by atoms with Gasteiger partial charge in [-0.2, -0.15) is 8.78 Å². The van der Waals surface area contributed by atoms with Gasteiger partial charge in [0.15, 0.2) is 5.78 Å². The number of hydrogen-bond donors (Lipinski definition) is 5. The number of nitrogens with one attached hydrogen (secondary N) is 2. The molecule has 1 aromatic carbocycles. The van der Waals surface area contributed by atoms with Gasteiger partial charge in [-0.3, -0.25) is 33.9 Å². The van der Waals surface area contributed by atoms with Crippen LogP contribution in [0.25, 0.3) is 0 Å². The summed E-state index contributed by atoms with van der Waals surface area (Å²) in [5.74, 6) is -12.5. The summed E-state index contributed by atoms with van der Waals surface area (Å²) in [6, 6.07) is 3.73. The first-order valence-electron chi connectivity index (χ1n) is 18.1. The van der Waals surface area contributed by atoms with Crippen molar-refractivity contribution < 1.29 is 32.8 Å². The van der Waals surface area contributed by atoms with Crippen LogP contribution in [0.4, 0.5) is 14.5 Å². The third-order valence-electron chi connectivity index (χ3n) is 10.1. The number of rotatable bonds is 17. The maximum Gasteiger partial charge on any atom is 0.382 e. The smallest absolute Gasteiger partial charge is 0.382 e. The Kier molecular flexibility index (Phi) is 14.1. The van der Waals surface area contributed by atoms with E-state index in [9.17, 15) is 24.0 Å². The van der Waals surface area contributed by atoms with Crippen molar-refractivity contribution in [2.75, 3.05) is 5.73 Å². The van der Waals surface area contributed by atoms with Gasteiger partial charge in [0.25, 0.3) is 0 Å². The van der Waals surface area contributed by atoms with Crippen molar-refractivity contribution in [2.24, 2.45) is 17.4 Å². The molecule has 8 N–H and O–H groups in total. The van der Waals surface area contributed by atoms with E-state index in [1.165, 1.54) is 24.8 Å². The first kappa shape index (κ1) is 40.9. The topological polar surface area (TPSA) is 220 Å². The van der Waals surface area contributed by atoms with E-state index in [4.69, 9.17) is 17.2 Å². The molecule has 0 bridgehead atoms. The minimum absolute atomic E-state index is 0.0464. The Hall–Kier alpha value is -4.89. The summed E-state index contributed by atoms with van der Waals surface area (Å²) < 4.78 is 31.5. The lowest BCUT2D eigenvalue weighted by atomic mass is 9.83. The number of benzene rings is 1. The average Bonchev–Trinajstić information content (AvgIpc) is 3.68. The van der Waals surface area contributed by atoms with Crippen LogP contribution in [0.5, 0.6) is 0 Å². The van der Waals surface area contributed by atoms with Crippen LogP contribution < -0.4 is 22.5 Å². The summed E-state index contributed by atoms with van der Waals surface area (Å²) in [4.78, 5) is 80.6. The molecule has 13 nitrogen and oxygen atoms in total. The lowest BCUT2D eigenvalue weighted by molar-refractivity contribution is -0.173. The second-order valence-corrected chi connectivity index (χ2v) is 13.8. The maximum absolute atomic E-state index is 15.7. The molecule has 5 atom stereocenters. The number of halogens is 2. The zero-order chi connectivity index (χ0) is 38.9. The van der Waals surface area contributed by atoms with E-state index >= 15 is 8.78 Å². The summed E-state index contributed by atoms with van der Waals surface area (Å²) in [6.07, 6.45) is 8.25. The number of carbonyl (C=O) groups excluding carboxylic acids is 5. The predicted octanol–water partition coefficient (Wildman–Crippen LogP) is 3.69. The Bertz CT molecular complexity index is 1730. The lowest BCUT2D eigenvalue weighted by Crippen LogP contribution is -2.60. The molecule has 2 unspecified atom stereocenters. The molecule has 286 valence electrons. The minimum atomic E-state index is -4.72. The normalized spacial score (nSPS) is 16.5. The summed E-state index contributed by atoms with van der Waals surface area (Å²) in [5, 5.41) is 2.62. The number of pyridine rings is 1. The molecule has 0 saturated heterocycles. The van der Waals surface area contributed by atoms with E-state index < -0.39 is 71.7 Å². The largest absolute Gasteiger partial charge is 0.398 e. The molecule has 53 heavy (non-hydrogen) atoms. The molecule has 0 aliphatic heterocycles. The number of imide groups is 1. The summed E-state index contributed by atoms with van der Waals surface area (Å²) >= 11 is 0. The number of aromatic nitrogens is 3. The number of alkyl halides is 2. The van der Waals surface area contributed by atoms with Crippen LogP contribution >= 0.6 is 0 Å². The first-order chi connectivity index (χ1) is 25.2. The van der Waals surface area contributed by atoms with Gasteiger partial charge in [0.05, 0.1) is 30.1 Å². The number of carbonyl (C=O) groups is 5. The number of Topliss-reactive ketones (excluding diaryl/α,β-unsaturated/α-hetero) is 2. The van der Waals surface area contributed by atoms with Crippen LogP contribution in [0.3, 0.4) is 0 Å². The Morgan fingerprint density at radius 3 is 2.28 bits per heavy atom. The predicted molar refractivity (Wildman–Crippen MR) is 194 cm³/mol. The van der Waals surface area contributed by atoms with Crippen LogP contribution in [-0.4, -0.2) is 73.2 Å². The summed E-state index contributed by atoms with van der Waals surface area (Å²) in [5.41, 5.74) is 20.7. The number of aromatic amines is 1. The van der Waals surface area contributed by atoms with Crippen molar-refractivity contribution in [2.45, 2.75) is 115 Å². The number of ketones is 2. The molecular weight excluding hydrogens is 686 g/mol. The molecule has 4 rings (SSSR count). The molecule has 3 amide bonds. The molecule has 0 radical (unpaired) electrons. The van der Waals surface area contributed by atoms with E-state index in [2.05, 4.69) is 20.3 Å². The molecule has 15 heteroatoms. The number of H-pyrrole nitrogens is 1. The maximum atomic E-state index is 15.7. The van der Waals surface area contributed by atoms with Gasteiger partial charge in [0, 0.05) is 36.6 Å². The van der Waals surface area contributed by atoms with Gasteiger partial charge in [-0.1, -0.05) is 76.8 Å². The van der Waals surface area contributed by atoms with Gasteiger partial charge < -0.3 is 27.5 Å². The quantitative estimate of drug-likeness (QED) is 0.127. The van der Waals surface area contributed by atoms with Crippen LogP contribution in [-0.2, 0) is 36.8 Å². The zero-order valence-corrected chi connectivity index (χ0v) is 30.4.